The van der Waals surface area contributed by atoms with Crippen molar-refractivity contribution in [1.82, 2.24) is 4.90 Å². The second-order valence-electron chi connectivity index (χ2n) is 9.54. The van der Waals surface area contributed by atoms with Crippen LogP contribution in [0.2, 0.25) is 10.0 Å². The van der Waals surface area contributed by atoms with E-state index < -0.39 is 24.2 Å². The second-order valence-corrected chi connectivity index (χ2v) is 10.4. The third-order valence-corrected chi connectivity index (χ3v) is 7.38. The molecule has 3 aromatic rings. The van der Waals surface area contributed by atoms with Crippen LogP contribution >= 0.6 is 23.2 Å². The molecule has 0 aromatic heterocycles. The van der Waals surface area contributed by atoms with Crippen LogP contribution in [0, 0.1) is 5.82 Å². The number of hydrogen-bond acceptors (Lipinski definition) is 3. The normalized spacial score (nSPS) is 20.4. The lowest BCUT2D eigenvalue weighted by atomic mass is 9.88. The van der Waals surface area contributed by atoms with E-state index in [1.807, 2.05) is 36.1 Å². The molecule has 4 atom stereocenters. The molecule has 0 aliphatic carbocycles. The first-order valence-electron chi connectivity index (χ1n) is 12.7. The van der Waals surface area contributed by atoms with E-state index in [0.717, 1.165) is 23.1 Å². The molecule has 1 fully saturated rings. The monoisotopic (exact) mass is 557 g/mol. The number of hydrogen-bond donors (Lipinski definition) is 1. The van der Waals surface area contributed by atoms with E-state index >= 15 is 0 Å². The summed E-state index contributed by atoms with van der Waals surface area (Å²) >= 11 is 12.4. The van der Waals surface area contributed by atoms with Crippen LogP contribution in [0.3, 0.4) is 0 Å². The van der Waals surface area contributed by atoms with Crippen molar-refractivity contribution in [2.75, 3.05) is 0 Å². The third-order valence-electron chi connectivity index (χ3n) is 6.88. The van der Waals surface area contributed by atoms with Crippen molar-refractivity contribution in [2.24, 2.45) is 0 Å². The van der Waals surface area contributed by atoms with Crippen LogP contribution in [0.25, 0.3) is 0 Å². The smallest absolute Gasteiger partial charge is 0.303 e. The first kappa shape index (κ1) is 28.1. The summed E-state index contributed by atoms with van der Waals surface area (Å²) in [4.78, 5) is 27.5. The minimum Gasteiger partial charge on any atom is -0.481 e. The fourth-order valence-corrected chi connectivity index (χ4v) is 5.34. The highest BCUT2D eigenvalue weighted by atomic mass is 35.5. The van der Waals surface area contributed by atoms with Crippen molar-refractivity contribution in [3.8, 4) is 0 Å². The highest BCUT2D eigenvalue weighted by Gasteiger charge is 2.46. The van der Waals surface area contributed by atoms with E-state index in [1.54, 1.807) is 36.4 Å². The van der Waals surface area contributed by atoms with Crippen LogP contribution in [-0.2, 0) is 20.7 Å². The fraction of sp³-hybridized carbons (Fsp3) is 0.333. The zero-order chi connectivity index (χ0) is 27.2. The van der Waals surface area contributed by atoms with Crippen molar-refractivity contribution in [3.05, 3.63) is 105 Å². The number of morpholine rings is 1. The molecule has 0 spiro atoms. The van der Waals surface area contributed by atoms with E-state index in [4.69, 9.17) is 27.9 Å². The number of amides is 1. The SMILES string of the molecule is CCCC(CCC(=O)O)N1C(=O)[C@H](Cc2ccc(F)cc2)O[C@@H](c2ccc(Cl)cc2)[C@H]1c1ccc(Cl)cc1. The Labute approximate surface area is 232 Å². The Morgan fingerprint density at radius 3 is 2.08 bits per heavy atom. The van der Waals surface area contributed by atoms with Gasteiger partial charge in [0.25, 0.3) is 5.91 Å². The van der Waals surface area contributed by atoms with Gasteiger partial charge >= 0.3 is 5.97 Å². The van der Waals surface area contributed by atoms with Crippen LogP contribution in [0.4, 0.5) is 4.39 Å². The van der Waals surface area contributed by atoms with Gasteiger partial charge in [-0.2, -0.15) is 0 Å². The molecule has 0 bridgehead atoms. The quantitative estimate of drug-likeness (QED) is 0.281. The summed E-state index contributed by atoms with van der Waals surface area (Å²) in [5.41, 5.74) is 2.44. The molecule has 3 aromatic carbocycles. The number of rotatable bonds is 10. The molecule has 38 heavy (non-hydrogen) atoms. The molecular formula is C30H30Cl2FNO4. The summed E-state index contributed by atoms with van der Waals surface area (Å²) in [6, 6.07) is 19.8. The van der Waals surface area contributed by atoms with Crippen molar-refractivity contribution in [2.45, 2.75) is 63.3 Å². The molecule has 8 heteroatoms. The van der Waals surface area contributed by atoms with Crippen LogP contribution in [-0.4, -0.2) is 34.0 Å². The number of aliphatic carboxylic acids is 1. The van der Waals surface area contributed by atoms with Crippen molar-refractivity contribution in [3.63, 3.8) is 0 Å². The predicted octanol–water partition coefficient (Wildman–Crippen LogP) is 7.42. The molecule has 1 unspecified atom stereocenters. The zero-order valence-corrected chi connectivity index (χ0v) is 22.5. The number of carbonyl (C=O) groups excluding carboxylic acids is 1. The number of nitrogens with zero attached hydrogens (tertiary/aromatic N) is 1. The maximum absolute atomic E-state index is 14.2. The minimum atomic E-state index is -0.910. The van der Waals surface area contributed by atoms with Crippen LogP contribution in [0.15, 0.2) is 72.8 Å². The number of carbonyl (C=O) groups is 2. The first-order chi connectivity index (χ1) is 18.3. The number of halogens is 3. The van der Waals surface area contributed by atoms with Gasteiger partial charge in [-0.1, -0.05) is 72.9 Å². The van der Waals surface area contributed by atoms with Gasteiger partial charge in [-0.15, -0.1) is 0 Å². The number of carboxylic acid groups (broad SMARTS) is 1. The van der Waals surface area contributed by atoms with Gasteiger partial charge in [0.05, 0.1) is 6.04 Å². The highest BCUT2D eigenvalue weighted by molar-refractivity contribution is 6.30. The zero-order valence-electron chi connectivity index (χ0n) is 21.0. The van der Waals surface area contributed by atoms with E-state index in [2.05, 4.69) is 0 Å². The van der Waals surface area contributed by atoms with Crippen molar-refractivity contribution >= 4 is 35.1 Å². The van der Waals surface area contributed by atoms with Crippen molar-refractivity contribution < 1.29 is 23.8 Å². The summed E-state index contributed by atoms with van der Waals surface area (Å²) in [6.45, 7) is 2.02. The highest BCUT2D eigenvalue weighted by Crippen LogP contribution is 2.45. The lowest BCUT2D eigenvalue weighted by molar-refractivity contribution is -0.180. The molecule has 200 valence electrons. The van der Waals surface area contributed by atoms with Gasteiger partial charge in [0, 0.05) is 28.9 Å². The molecule has 1 amide bonds. The number of ether oxygens (including phenoxy) is 1. The first-order valence-corrected chi connectivity index (χ1v) is 13.5. The van der Waals surface area contributed by atoms with Gasteiger partial charge in [-0.05, 0) is 65.9 Å². The largest absolute Gasteiger partial charge is 0.481 e. The Bertz CT molecular complexity index is 1230. The minimum absolute atomic E-state index is 0.0586. The Morgan fingerprint density at radius 2 is 1.53 bits per heavy atom. The van der Waals surface area contributed by atoms with Gasteiger partial charge in [0.2, 0.25) is 0 Å². The second kappa shape index (κ2) is 12.7. The Hall–Kier alpha value is -2.93. The van der Waals surface area contributed by atoms with Crippen molar-refractivity contribution in [1.29, 1.82) is 0 Å². The van der Waals surface area contributed by atoms with Gasteiger partial charge in [0.1, 0.15) is 18.0 Å². The van der Waals surface area contributed by atoms with Crippen LogP contribution in [0.5, 0.6) is 0 Å². The lowest BCUT2D eigenvalue weighted by Crippen LogP contribution is -2.55. The van der Waals surface area contributed by atoms with E-state index in [-0.39, 0.29) is 30.6 Å². The third kappa shape index (κ3) is 6.73. The molecule has 5 nitrogen and oxygen atoms in total. The summed E-state index contributed by atoms with van der Waals surface area (Å²) in [6.07, 6.45) is 0.530. The maximum Gasteiger partial charge on any atom is 0.303 e. The van der Waals surface area contributed by atoms with E-state index in [0.29, 0.717) is 22.9 Å². The van der Waals surface area contributed by atoms with Crippen LogP contribution in [0.1, 0.15) is 61.4 Å². The maximum atomic E-state index is 14.2. The topological polar surface area (TPSA) is 66.8 Å². The molecule has 0 saturated carbocycles. The van der Waals surface area contributed by atoms with E-state index in [9.17, 15) is 19.1 Å². The fourth-order valence-electron chi connectivity index (χ4n) is 5.09. The molecule has 0 radical (unpaired) electrons. The van der Waals surface area contributed by atoms with Gasteiger partial charge in [-0.25, -0.2) is 4.39 Å². The lowest BCUT2D eigenvalue weighted by Gasteiger charge is -2.48. The Kier molecular flexibility index (Phi) is 9.42. The average molecular weight is 558 g/mol. The summed E-state index contributed by atoms with van der Waals surface area (Å²) in [5.74, 6) is -1.49. The van der Waals surface area contributed by atoms with Gasteiger partial charge in [0.15, 0.2) is 0 Å². The summed E-state index contributed by atoms with van der Waals surface area (Å²) in [7, 11) is 0. The molecule has 1 saturated heterocycles. The molecular weight excluding hydrogens is 528 g/mol. The Morgan fingerprint density at radius 1 is 0.947 bits per heavy atom. The van der Waals surface area contributed by atoms with Gasteiger partial charge < -0.3 is 14.7 Å². The van der Waals surface area contributed by atoms with Crippen LogP contribution < -0.4 is 0 Å². The molecule has 1 N–H and O–H groups in total. The summed E-state index contributed by atoms with van der Waals surface area (Å²) in [5, 5.41) is 10.6. The molecule has 1 heterocycles. The molecule has 1 aliphatic heterocycles. The Balaban J connectivity index is 1.82. The molecule has 4 rings (SSSR count). The number of carboxylic acids is 1. The summed E-state index contributed by atoms with van der Waals surface area (Å²) < 4.78 is 20.1. The standard InChI is InChI=1S/C30H30Cl2FNO4/c1-2-3-25(16-17-27(35)36)34-28(20-6-10-22(31)11-7-20)29(21-8-12-23(32)13-9-21)38-26(30(34)37)18-19-4-14-24(33)15-5-19/h4-15,25-26,28-29H,2-3,16-18H2,1H3,(H,35,36)/t25?,26-,28+,29-/m0/s1. The average Bonchev–Trinajstić information content (AvgIpc) is 2.90. The molecule has 1 aliphatic rings. The van der Waals surface area contributed by atoms with E-state index in [1.165, 1.54) is 12.1 Å². The number of benzene rings is 3. The predicted molar refractivity (Wildman–Crippen MR) is 146 cm³/mol. The van der Waals surface area contributed by atoms with Gasteiger partial charge in [-0.3, -0.25) is 9.59 Å².